The van der Waals surface area contributed by atoms with Crippen LogP contribution in [0.15, 0.2) is 119 Å². The Morgan fingerprint density at radius 2 is 0.927 bits per heavy atom. The van der Waals surface area contributed by atoms with Crippen molar-refractivity contribution >= 4 is 45.9 Å². The van der Waals surface area contributed by atoms with E-state index in [-0.39, 0.29) is 62.3 Å². The highest BCUT2D eigenvalue weighted by Crippen LogP contribution is 2.41. The highest BCUT2D eigenvalue weighted by Gasteiger charge is 2.34. The number of anilines is 2. The smallest absolute Gasteiger partial charge is 0.196 e. The van der Waals surface area contributed by atoms with Crippen LogP contribution in [0.5, 0.6) is 0 Å². The fraction of sp³-hybridized carbons (Fsp3) is 0. The molecule has 0 atom stereocenters. The quantitative estimate of drug-likeness (QED) is 0.237. The van der Waals surface area contributed by atoms with Gasteiger partial charge < -0.3 is 5.32 Å². The fourth-order valence-electron chi connectivity index (χ4n) is 5.36. The van der Waals surface area contributed by atoms with Crippen LogP contribution in [-0.4, -0.2) is 23.1 Å². The Bertz CT molecular complexity index is 1990. The first-order valence-corrected chi connectivity index (χ1v) is 12.9. The molecule has 0 heterocycles. The summed E-state index contributed by atoms with van der Waals surface area (Å²) < 4.78 is 0. The van der Waals surface area contributed by atoms with Crippen LogP contribution in [0, 0.1) is 0 Å². The van der Waals surface area contributed by atoms with Gasteiger partial charge in [-0.3, -0.25) is 19.2 Å². The molecule has 0 aromatic heterocycles. The van der Waals surface area contributed by atoms with E-state index in [2.05, 4.69) is 15.5 Å². The first-order valence-electron chi connectivity index (χ1n) is 12.9. The number of carbonyl (C=O) groups is 4. The summed E-state index contributed by atoms with van der Waals surface area (Å²) in [5, 5.41) is 12.2. The van der Waals surface area contributed by atoms with Crippen molar-refractivity contribution in [3.8, 4) is 0 Å². The average molecular weight is 534 g/mol. The van der Waals surface area contributed by atoms with Crippen LogP contribution < -0.4 is 5.32 Å². The lowest BCUT2D eigenvalue weighted by Gasteiger charge is -2.21. The molecule has 1 N–H and O–H groups in total. The summed E-state index contributed by atoms with van der Waals surface area (Å²) in [5.74, 6) is -1.24. The van der Waals surface area contributed by atoms with Gasteiger partial charge in [0.2, 0.25) is 0 Å². The molecule has 7 rings (SSSR count). The van der Waals surface area contributed by atoms with Crippen LogP contribution in [0.1, 0.15) is 63.7 Å². The van der Waals surface area contributed by atoms with Crippen molar-refractivity contribution in [2.75, 3.05) is 5.32 Å². The second-order valence-electron chi connectivity index (χ2n) is 9.68. The van der Waals surface area contributed by atoms with Gasteiger partial charge in [-0.05, 0) is 30.3 Å². The molecule has 0 fully saturated rings. The van der Waals surface area contributed by atoms with Crippen LogP contribution in [0.4, 0.5) is 22.7 Å². The number of hydrogen-bond acceptors (Lipinski definition) is 7. The number of nitrogens with zero attached hydrogens (tertiary/aromatic N) is 2. The van der Waals surface area contributed by atoms with Gasteiger partial charge in [0, 0.05) is 39.1 Å². The van der Waals surface area contributed by atoms with Gasteiger partial charge in [0.15, 0.2) is 23.1 Å². The summed E-state index contributed by atoms with van der Waals surface area (Å²) >= 11 is 0. The molecule has 5 aromatic rings. The lowest BCUT2D eigenvalue weighted by atomic mass is 9.83. The molecule has 2 aliphatic carbocycles. The molecule has 41 heavy (non-hydrogen) atoms. The first-order chi connectivity index (χ1) is 20.0. The molecule has 0 spiro atoms. The molecule has 7 nitrogen and oxygen atoms in total. The van der Waals surface area contributed by atoms with Crippen molar-refractivity contribution in [3.63, 3.8) is 0 Å². The fourth-order valence-corrected chi connectivity index (χ4v) is 5.36. The Kier molecular flexibility index (Phi) is 5.57. The van der Waals surface area contributed by atoms with Crippen molar-refractivity contribution < 1.29 is 19.2 Å². The number of carbonyl (C=O) groups excluding carboxylic acids is 4. The number of hydrogen-bond donors (Lipinski definition) is 1. The van der Waals surface area contributed by atoms with Gasteiger partial charge in [0.05, 0.1) is 22.5 Å². The molecule has 0 saturated carbocycles. The summed E-state index contributed by atoms with van der Waals surface area (Å²) in [7, 11) is 0. The standard InChI is InChI=1S/C34H19N3O4/c38-31-20-11-4-6-13-22(20)33(40)28-24(31)15-8-16-26(28)36-37-30-27(35-19-9-2-1-3-10-19)18-17-25-29(30)34(41)23-14-7-5-12-21(23)32(25)39/h1-18,35H. The van der Waals surface area contributed by atoms with Crippen LogP contribution in [-0.2, 0) is 0 Å². The van der Waals surface area contributed by atoms with E-state index < -0.39 is 0 Å². The van der Waals surface area contributed by atoms with Crippen molar-refractivity contribution in [3.05, 3.63) is 154 Å². The zero-order chi connectivity index (χ0) is 28.1. The normalized spacial score (nSPS) is 13.5. The van der Waals surface area contributed by atoms with E-state index in [9.17, 15) is 19.2 Å². The highest BCUT2D eigenvalue weighted by atomic mass is 16.1. The number of benzene rings is 5. The zero-order valence-corrected chi connectivity index (χ0v) is 21.4. The molecular formula is C34H19N3O4. The van der Waals surface area contributed by atoms with E-state index in [1.165, 1.54) is 0 Å². The van der Waals surface area contributed by atoms with E-state index in [1.54, 1.807) is 78.9 Å². The largest absolute Gasteiger partial charge is 0.354 e. The minimum absolute atomic E-state index is 0.121. The van der Waals surface area contributed by atoms with Gasteiger partial charge in [-0.25, -0.2) is 0 Å². The Labute approximate surface area is 234 Å². The maximum absolute atomic E-state index is 13.8. The molecule has 5 aromatic carbocycles. The first kappa shape index (κ1) is 24.2. The molecule has 2 aliphatic rings. The summed E-state index contributed by atoms with van der Waals surface area (Å²) in [5.41, 5.74) is 3.53. The monoisotopic (exact) mass is 533 g/mol. The Morgan fingerprint density at radius 3 is 1.56 bits per heavy atom. The summed E-state index contributed by atoms with van der Waals surface area (Å²) in [6, 6.07) is 30.8. The van der Waals surface area contributed by atoms with Gasteiger partial charge in [0.1, 0.15) is 5.69 Å². The molecule has 0 bridgehead atoms. The Balaban J connectivity index is 1.40. The number of para-hydroxylation sites is 1. The number of ketones is 4. The summed E-state index contributed by atoms with van der Waals surface area (Å²) in [6.07, 6.45) is 0. The number of rotatable bonds is 4. The van der Waals surface area contributed by atoms with Crippen molar-refractivity contribution in [2.24, 2.45) is 10.2 Å². The molecule has 0 saturated heterocycles. The Hall–Kier alpha value is -5.82. The number of azo groups is 1. The third kappa shape index (κ3) is 3.83. The van der Waals surface area contributed by atoms with Crippen LogP contribution in [0.3, 0.4) is 0 Å². The van der Waals surface area contributed by atoms with Crippen molar-refractivity contribution in [2.45, 2.75) is 0 Å². The lowest BCUT2D eigenvalue weighted by molar-refractivity contribution is 0.0979. The van der Waals surface area contributed by atoms with Crippen LogP contribution >= 0.6 is 0 Å². The molecule has 0 radical (unpaired) electrons. The van der Waals surface area contributed by atoms with E-state index >= 15 is 0 Å². The minimum atomic E-state index is -0.351. The third-order valence-electron chi connectivity index (χ3n) is 7.31. The van der Waals surface area contributed by atoms with E-state index in [1.807, 2.05) is 30.3 Å². The second kappa shape index (κ2) is 9.43. The molecular weight excluding hydrogens is 514 g/mol. The maximum Gasteiger partial charge on any atom is 0.196 e. The van der Waals surface area contributed by atoms with E-state index in [0.29, 0.717) is 22.4 Å². The predicted octanol–water partition coefficient (Wildman–Crippen LogP) is 7.40. The highest BCUT2D eigenvalue weighted by molar-refractivity contribution is 6.31. The molecule has 0 unspecified atom stereocenters. The predicted molar refractivity (Wildman–Crippen MR) is 153 cm³/mol. The number of nitrogens with one attached hydrogen (secondary N) is 1. The van der Waals surface area contributed by atoms with Gasteiger partial charge in [0.25, 0.3) is 0 Å². The molecule has 0 aliphatic heterocycles. The second-order valence-corrected chi connectivity index (χ2v) is 9.68. The molecule has 194 valence electrons. The zero-order valence-electron chi connectivity index (χ0n) is 21.4. The average Bonchev–Trinajstić information content (AvgIpc) is 3.02. The third-order valence-corrected chi connectivity index (χ3v) is 7.31. The Morgan fingerprint density at radius 1 is 0.415 bits per heavy atom. The van der Waals surface area contributed by atoms with Gasteiger partial charge in [-0.15, -0.1) is 10.2 Å². The summed E-state index contributed by atoms with van der Waals surface area (Å²) in [6.45, 7) is 0. The van der Waals surface area contributed by atoms with Crippen LogP contribution in [0.2, 0.25) is 0 Å². The minimum Gasteiger partial charge on any atom is -0.354 e. The topological polar surface area (TPSA) is 105 Å². The van der Waals surface area contributed by atoms with Crippen molar-refractivity contribution in [1.29, 1.82) is 0 Å². The van der Waals surface area contributed by atoms with E-state index in [4.69, 9.17) is 0 Å². The molecule has 7 heteroatoms. The van der Waals surface area contributed by atoms with Crippen molar-refractivity contribution in [1.82, 2.24) is 0 Å². The SMILES string of the molecule is O=C1c2ccccc2C(=O)c2c(N=Nc3c(Nc4ccccc4)ccc4c3C(=O)c3ccccc3C4=O)cccc21. The van der Waals surface area contributed by atoms with Gasteiger partial charge >= 0.3 is 0 Å². The maximum atomic E-state index is 13.8. The summed E-state index contributed by atoms with van der Waals surface area (Å²) in [4.78, 5) is 53.9. The molecule has 0 amide bonds. The van der Waals surface area contributed by atoms with Crippen LogP contribution in [0.25, 0.3) is 0 Å². The van der Waals surface area contributed by atoms with E-state index in [0.717, 1.165) is 5.69 Å². The number of fused-ring (bicyclic) bond motifs is 4. The van der Waals surface area contributed by atoms with Gasteiger partial charge in [-0.2, -0.15) is 0 Å². The lowest BCUT2D eigenvalue weighted by Crippen LogP contribution is -2.21. The van der Waals surface area contributed by atoms with Gasteiger partial charge in [-0.1, -0.05) is 78.9 Å².